The first-order valence-electron chi connectivity index (χ1n) is 22.7. The molecule has 2 aliphatic carbocycles. The molecule has 0 saturated heterocycles. The molecule has 1 atom stereocenters. The van der Waals surface area contributed by atoms with Crippen LogP contribution >= 0.6 is 0 Å². The molecule has 0 radical (unpaired) electrons. The number of benzene rings is 9. The molecular formula is C62H50O. The zero-order chi connectivity index (χ0) is 42.5. The lowest BCUT2D eigenvalue weighted by atomic mass is 9.79. The molecule has 0 saturated carbocycles. The molecule has 0 amide bonds. The summed E-state index contributed by atoms with van der Waals surface area (Å²) >= 11 is 0. The maximum atomic E-state index is 6.36. The second kappa shape index (κ2) is 14.3. The predicted molar refractivity (Wildman–Crippen MR) is 265 cm³/mol. The van der Waals surface area contributed by atoms with Crippen molar-refractivity contribution in [2.75, 3.05) is 0 Å². The highest BCUT2D eigenvalue weighted by Gasteiger charge is 2.37. The third-order valence-corrected chi connectivity index (χ3v) is 14.8. The molecule has 63 heavy (non-hydrogen) atoms. The van der Waals surface area contributed by atoms with Crippen molar-refractivity contribution in [2.24, 2.45) is 0 Å². The number of rotatable bonds is 8. The van der Waals surface area contributed by atoms with E-state index in [1.54, 1.807) is 0 Å². The highest BCUT2D eigenvalue weighted by molar-refractivity contribution is 6.19. The number of hydrogen-bond acceptors (Lipinski definition) is 1. The number of aryl methyl sites for hydroxylation is 1. The minimum Gasteiger partial charge on any atom is -0.456 e. The zero-order valence-corrected chi connectivity index (χ0v) is 36.5. The lowest BCUT2D eigenvalue weighted by Crippen LogP contribution is -2.16. The Morgan fingerprint density at radius 1 is 0.413 bits per heavy atom. The Bertz CT molecular complexity index is 3420. The van der Waals surface area contributed by atoms with Gasteiger partial charge in [0.15, 0.2) is 0 Å². The molecule has 1 heteroatoms. The first-order chi connectivity index (χ1) is 30.7. The normalized spacial score (nSPS) is 14.7. The molecule has 304 valence electrons. The van der Waals surface area contributed by atoms with Gasteiger partial charge in [-0.2, -0.15) is 0 Å². The Balaban J connectivity index is 0.843. The molecule has 1 nitrogen and oxygen atoms in total. The van der Waals surface area contributed by atoms with E-state index in [1.807, 2.05) is 0 Å². The average Bonchev–Trinajstić information content (AvgIpc) is 3.89. The predicted octanol–water partition coefficient (Wildman–Crippen LogP) is 16.6. The highest BCUT2D eigenvalue weighted by atomic mass is 16.3. The van der Waals surface area contributed by atoms with Gasteiger partial charge in [-0.25, -0.2) is 0 Å². The summed E-state index contributed by atoms with van der Waals surface area (Å²) in [5.74, 6) is 0.390. The molecule has 1 heterocycles. The SMILES string of the molecule is CC1(C)c2cc(CCC(Cc3ccccc3)c3ccc4c(c3)C(C)(C)c3cc(-c5ccccc5)ccc3-4)ccc2-c2ccc(-c3ccc4oc5ccc6ccccc6c5c4c3)cc21. The molecule has 0 aliphatic heterocycles. The first-order valence-corrected chi connectivity index (χ1v) is 22.7. The van der Waals surface area contributed by atoms with Crippen LogP contribution in [0.25, 0.3) is 77.2 Å². The maximum Gasteiger partial charge on any atom is 0.136 e. The molecule has 9 aromatic carbocycles. The van der Waals surface area contributed by atoms with E-state index in [2.05, 4.69) is 216 Å². The van der Waals surface area contributed by atoms with Gasteiger partial charge in [-0.3, -0.25) is 0 Å². The highest BCUT2D eigenvalue weighted by Crippen LogP contribution is 2.52. The molecule has 0 fully saturated rings. The Hall–Kier alpha value is -6.96. The minimum absolute atomic E-state index is 0.0848. The quantitative estimate of drug-likeness (QED) is 0.149. The molecule has 1 aromatic heterocycles. The van der Waals surface area contributed by atoms with Gasteiger partial charge < -0.3 is 4.42 Å². The van der Waals surface area contributed by atoms with Gasteiger partial charge in [-0.15, -0.1) is 0 Å². The smallest absolute Gasteiger partial charge is 0.136 e. The number of fused-ring (bicyclic) bond motifs is 11. The van der Waals surface area contributed by atoms with Crippen LogP contribution in [0.15, 0.2) is 192 Å². The third-order valence-electron chi connectivity index (χ3n) is 14.8. The van der Waals surface area contributed by atoms with Gasteiger partial charge in [0.1, 0.15) is 11.2 Å². The van der Waals surface area contributed by atoms with Crippen LogP contribution in [0.5, 0.6) is 0 Å². The summed E-state index contributed by atoms with van der Waals surface area (Å²) in [5, 5.41) is 4.83. The minimum atomic E-state index is -0.121. The summed E-state index contributed by atoms with van der Waals surface area (Å²) in [4.78, 5) is 0. The molecule has 2 aliphatic rings. The summed E-state index contributed by atoms with van der Waals surface area (Å²) in [7, 11) is 0. The van der Waals surface area contributed by atoms with E-state index in [-0.39, 0.29) is 10.8 Å². The monoisotopic (exact) mass is 810 g/mol. The summed E-state index contributed by atoms with van der Waals surface area (Å²) in [6, 6.07) is 70.4. The Morgan fingerprint density at radius 2 is 0.968 bits per heavy atom. The van der Waals surface area contributed by atoms with Gasteiger partial charge in [0, 0.05) is 21.6 Å². The van der Waals surface area contributed by atoms with E-state index in [9.17, 15) is 0 Å². The summed E-state index contributed by atoms with van der Waals surface area (Å²) in [5.41, 5.74) is 22.1. The van der Waals surface area contributed by atoms with E-state index in [4.69, 9.17) is 4.42 Å². The lowest BCUT2D eigenvalue weighted by Gasteiger charge is -2.25. The Labute approximate surface area is 370 Å². The Morgan fingerprint density at radius 3 is 1.70 bits per heavy atom. The van der Waals surface area contributed by atoms with Crippen molar-refractivity contribution >= 4 is 32.7 Å². The standard InChI is InChI=1S/C62H50O/c1-61(2)54-34-40(20-27-49(54)50-30-24-47(38-56(50)61)44-26-31-58-53(35-44)60-48-18-12-11-17-42(48)25-32-59(60)63-58)19-21-43(33-39-13-7-5-8-14-39)46-23-29-52-51-28-22-45(41-15-9-6-10-16-41)36-55(51)62(3,4)57(52)37-46/h5-18,20,22-32,34-38,43H,19,21,33H2,1-4H3. The molecule has 0 spiro atoms. The largest absolute Gasteiger partial charge is 0.456 e. The molecule has 0 bridgehead atoms. The average molecular weight is 811 g/mol. The molecule has 12 rings (SSSR count). The van der Waals surface area contributed by atoms with E-state index in [1.165, 1.54) is 105 Å². The summed E-state index contributed by atoms with van der Waals surface area (Å²) in [6.07, 6.45) is 3.12. The fourth-order valence-electron chi connectivity index (χ4n) is 11.3. The van der Waals surface area contributed by atoms with Crippen LogP contribution in [0.2, 0.25) is 0 Å². The topological polar surface area (TPSA) is 13.1 Å². The fraction of sp³-hybridized carbons (Fsp3) is 0.161. The maximum absolute atomic E-state index is 6.36. The van der Waals surface area contributed by atoms with E-state index >= 15 is 0 Å². The molecular weight excluding hydrogens is 761 g/mol. The van der Waals surface area contributed by atoms with Gasteiger partial charge in [0.05, 0.1) is 0 Å². The van der Waals surface area contributed by atoms with Crippen LogP contribution in [0.3, 0.4) is 0 Å². The van der Waals surface area contributed by atoms with Crippen LogP contribution in [0.4, 0.5) is 0 Å². The van der Waals surface area contributed by atoms with Crippen LogP contribution in [0, 0.1) is 0 Å². The summed E-state index contributed by atoms with van der Waals surface area (Å²) < 4.78 is 6.36. The van der Waals surface area contributed by atoms with Crippen LogP contribution in [-0.2, 0) is 23.7 Å². The van der Waals surface area contributed by atoms with Crippen molar-refractivity contribution < 1.29 is 4.42 Å². The second-order valence-corrected chi connectivity index (χ2v) is 19.2. The van der Waals surface area contributed by atoms with E-state index in [0.29, 0.717) is 5.92 Å². The van der Waals surface area contributed by atoms with E-state index in [0.717, 1.165) is 30.4 Å². The number of hydrogen-bond donors (Lipinski definition) is 0. The molecule has 1 unspecified atom stereocenters. The first kappa shape index (κ1) is 37.8. The zero-order valence-electron chi connectivity index (χ0n) is 36.5. The van der Waals surface area contributed by atoms with Crippen molar-refractivity contribution in [3.63, 3.8) is 0 Å². The number of furan rings is 1. The van der Waals surface area contributed by atoms with Crippen molar-refractivity contribution in [1.29, 1.82) is 0 Å². The fourth-order valence-corrected chi connectivity index (χ4v) is 11.3. The van der Waals surface area contributed by atoms with Gasteiger partial charge >= 0.3 is 0 Å². The van der Waals surface area contributed by atoms with Crippen LogP contribution in [-0.4, -0.2) is 0 Å². The van der Waals surface area contributed by atoms with Crippen molar-refractivity contribution in [1.82, 2.24) is 0 Å². The lowest BCUT2D eigenvalue weighted by molar-refractivity contribution is 0.612. The van der Waals surface area contributed by atoms with Gasteiger partial charge in [0.2, 0.25) is 0 Å². The van der Waals surface area contributed by atoms with Crippen LogP contribution < -0.4 is 0 Å². The van der Waals surface area contributed by atoms with Gasteiger partial charge in [0.25, 0.3) is 0 Å². The van der Waals surface area contributed by atoms with Crippen molar-refractivity contribution in [3.8, 4) is 44.5 Å². The van der Waals surface area contributed by atoms with Crippen molar-refractivity contribution in [3.05, 3.63) is 227 Å². The molecule has 0 N–H and O–H groups in total. The third kappa shape index (κ3) is 6.12. The van der Waals surface area contributed by atoms with Crippen molar-refractivity contribution in [2.45, 2.75) is 63.7 Å². The van der Waals surface area contributed by atoms with Gasteiger partial charge in [-0.05, 0) is 150 Å². The van der Waals surface area contributed by atoms with Gasteiger partial charge in [-0.1, -0.05) is 185 Å². The Kier molecular flexibility index (Phi) is 8.57. The summed E-state index contributed by atoms with van der Waals surface area (Å²) in [6.45, 7) is 9.65. The van der Waals surface area contributed by atoms with E-state index < -0.39 is 0 Å². The molecule has 10 aromatic rings. The second-order valence-electron chi connectivity index (χ2n) is 19.2. The van der Waals surface area contributed by atoms with Crippen LogP contribution in [0.1, 0.15) is 79.0 Å².